The van der Waals surface area contributed by atoms with Gasteiger partial charge in [0.25, 0.3) is 0 Å². The number of guanidine groups is 1. The largest absolute Gasteiger partial charge is 0.493 e. The summed E-state index contributed by atoms with van der Waals surface area (Å²) in [5.74, 6) is 1.42. The van der Waals surface area contributed by atoms with E-state index in [0.717, 1.165) is 5.69 Å². The van der Waals surface area contributed by atoms with Crippen LogP contribution < -0.4 is 25.8 Å². The second-order valence-electron chi connectivity index (χ2n) is 4.93. The summed E-state index contributed by atoms with van der Waals surface area (Å²) >= 11 is 0. The number of rotatable bonds is 7. The molecule has 4 N–H and O–H groups in total. The van der Waals surface area contributed by atoms with Crippen molar-refractivity contribution in [3.63, 3.8) is 0 Å². The number of ether oxygens (including phenoxy) is 2. The zero-order valence-electron chi connectivity index (χ0n) is 13.5. The van der Waals surface area contributed by atoms with Gasteiger partial charge in [0.15, 0.2) is 17.5 Å². The van der Waals surface area contributed by atoms with Gasteiger partial charge in [-0.2, -0.15) is 0 Å². The first kappa shape index (κ1) is 17.6. The highest BCUT2D eigenvalue weighted by molar-refractivity contribution is 5.92. The van der Waals surface area contributed by atoms with Gasteiger partial charge in [0.1, 0.15) is 0 Å². The van der Waals surface area contributed by atoms with Crippen molar-refractivity contribution < 1.29 is 14.3 Å². The van der Waals surface area contributed by atoms with Crippen LogP contribution in [0.15, 0.2) is 23.2 Å². The Morgan fingerprint density at radius 2 is 1.95 bits per heavy atom. The van der Waals surface area contributed by atoms with Crippen LogP contribution in [0, 0.1) is 0 Å². The Balaban J connectivity index is 2.55. The Labute approximate surface area is 130 Å². The molecule has 0 aromatic heterocycles. The van der Waals surface area contributed by atoms with E-state index < -0.39 is 0 Å². The van der Waals surface area contributed by atoms with E-state index >= 15 is 0 Å². The molecule has 122 valence electrons. The lowest BCUT2D eigenvalue weighted by Crippen LogP contribution is -2.30. The van der Waals surface area contributed by atoms with E-state index in [1.807, 2.05) is 13.8 Å². The molecule has 0 atom stereocenters. The molecule has 0 saturated heterocycles. The lowest BCUT2D eigenvalue weighted by atomic mass is 10.3. The average Bonchev–Trinajstić information content (AvgIpc) is 2.46. The topological polar surface area (TPSA) is 98.0 Å². The van der Waals surface area contributed by atoms with E-state index in [1.54, 1.807) is 32.4 Å². The molecule has 0 bridgehead atoms. The van der Waals surface area contributed by atoms with E-state index in [4.69, 9.17) is 15.2 Å². The molecule has 7 nitrogen and oxygen atoms in total. The maximum atomic E-state index is 11.5. The molecule has 0 radical (unpaired) electrons. The Hall–Kier alpha value is -2.44. The van der Waals surface area contributed by atoms with Crippen LogP contribution in [-0.2, 0) is 4.79 Å². The van der Waals surface area contributed by atoms with Crippen molar-refractivity contribution in [1.82, 2.24) is 5.32 Å². The number of nitrogens with zero attached hydrogens (tertiary/aromatic N) is 1. The zero-order chi connectivity index (χ0) is 16.5. The first-order valence-corrected chi connectivity index (χ1v) is 7.04. The van der Waals surface area contributed by atoms with Crippen molar-refractivity contribution in [3.8, 4) is 11.5 Å². The summed E-state index contributed by atoms with van der Waals surface area (Å²) in [6.45, 7) is 4.15. The van der Waals surface area contributed by atoms with E-state index in [0.29, 0.717) is 24.5 Å². The second kappa shape index (κ2) is 8.76. The molecule has 1 aromatic rings. The van der Waals surface area contributed by atoms with Gasteiger partial charge in [0.2, 0.25) is 5.91 Å². The normalized spacial score (nSPS) is 11.2. The number of anilines is 1. The van der Waals surface area contributed by atoms with E-state index in [9.17, 15) is 4.79 Å². The van der Waals surface area contributed by atoms with Crippen molar-refractivity contribution in [2.75, 3.05) is 26.1 Å². The van der Waals surface area contributed by atoms with E-state index in [1.165, 1.54) is 0 Å². The van der Waals surface area contributed by atoms with Crippen LogP contribution in [0.4, 0.5) is 5.69 Å². The number of amides is 1. The fourth-order valence-corrected chi connectivity index (χ4v) is 1.77. The minimum Gasteiger partial charge on any atom is -0.493 e. The molecule has 0 heterocycles. The lowest BCUT2D eigenvalue weighted by molar-refractivity contribution is -0.121. The smallest absolute Gasteiger partial charge is 0.222 e. The molecule has 0 unspecified atom stereocenters. The average molecular weight is 308 g/mol. The number of aliphatic imine (C=N–C) groups is 1. The van der Waals surface area contributed by atoms with Gasteiger partial charge in [-0.15, -0.1) is 0 Å². The highest BCUT2D eigenvalue weighted by atomic mass is 16.5. The molecular weight excluding hydrogens is 284 g/mol. The van der Waals surface area contributed by atoms with E-state index in [-0.39, 0.29) is 17.9 Å². The van der Waals surface area contributed by atoms with Gasteiger partial charge in [0.05, 0.1) is 20.8 Å². The van der Waals surface area contributed by atoms with Crippen molar-refractivity contribution >= 4 is 17.6 Å². The molecule has 0 saturated carbocycles. The molecule has 0 fully saturated rings. The number of nitrogens with one attached hydrogen (secondary N) is 2. The Bertz CT molecular complexity index is 530. The molecule has 1 rings (SSSR count). The van der Waals surface area contributed by atoms with E-state index in [2.05, 4.69) is 15.6 Å². The highest BCUT2D eigenvalue weighted by Crippen LogP contribution is 2.29. The summed E-state index contributed by atoms with van der Waals surface area (Å²) in [5.41, 5.74) is 6.52. The SMILES string of the molecule is COc1ccc(NC(N)=NCCC(=O)NC(C)C)cc1OC. The number of methoxy groups -OCH3 is 2. The molecule has 0 aliphatic heterocycles. The minimum atomic E-state index is -0.0438. The summed E-state index contributed by atoms with van der Waals surface area (Å²) < 4.78 is 10.4. The second-order valence-corrected chi connectivity index (χ2v) is 4.93. The standard InChI is InChI=1S/C15H24N4O3/c1-10(2)18-14(20)7-8-17-15(16)19-11-5-6-12(21-3)13(9-11)22-4/h5-6,9-10H,7-8H2,1-4H3,(H,18,20)(H3,16,17,19). The summed E-state index contributed by atoms with van der Waals surface area (Å²) in [6.07, 6.45) is 0.298. The molecular formula is C15H24N4O3. The van der Waals surface area contributed by atoms with Crippen LogP contribution in [0.1, 0.15) is 20.3 Å². The predicted molar refractivity (Wildman–Crippen MR) is 87.6 cm³/mol. The van der Waals surface area contributed by atoms with Crippen LogP contribution >= 0.6 is 0 Å². The molecule has 1 amide bonds. The van der Waals surface area contributed by atoms with Gasteiger partial charge in [-0.1, -0.05) is 0 Å². The molecule has 22 heavy (non-hydrogen) atoms. The summed E-state index contributed by atoms with van der Waals surface area (Å²) in [5, 5.41) is 5.74. The highest BCUT2D eigenvalue weighted by Gasteiger charge is 2.05. The first-order valence-electron chi connectivity index (χ1n) is 7.04. The van der Waals surface area contributed by atoms with Crippen molar-refractivity contribution in [3.05, 3.63) is 18.2 Å². The first-order chi connectivity index (χ1) is 10.5. The number of carbonyl (C=O) groups excluding carboxylic acids is 1. The third-order valence-corrected chi connectivity index (χ3v) is 2.73. The monoisotopic (exact) mass is 308 g/mol. The minimum absolute atomic E-state index is 0.0438. The zero-order valence-corrected chi connectivity index (χ0v) is 13.5. The van der Waals surface area contributed by atoms with Crippen LogP contribution in [0.25, 0.3) is 0 Å². The van der Waals surface area contributed by atoms with Crippen LogP contribution in [0.2, 0.25) is 0 Å². The van der Waals surface area contributed by atoms with Crippen molar-refractivity contribution in [2.45, 2.75) is 26.3 Å². The number of nitrogens with two attached hydrogens (primary N) is 1. The third-order valence-electron chi connectivity index (χ3n) is 2.73. The maximum Gasteiger partial charge on any atom is 0.222 e. The van der Waals surface area contributed by atoms with Gasteiger partial charge < -0.3 is 25.8 Å². The Morgan fingerprint density at radius 3 is 2.55 bits per heavy atom. The summed E-state index contributed by atoms with van der Waals surface area (Å²) in [6, 6.07) is 5.45. The number of hydrogen-bond acceptors (Lipinski definition) is 4. The van der Waals surface area contributed by atoms with Crippen LogP contribution in [0.5, 0.6) is 11.5 Å². The number of benzene rings is 1. The van der Waals surface area contributed by atoms with Gasteiger partial charge in [-0.05, 0) is 26.0 Å². The molecule has 1 aromatic carbocycles. The van der Waals surface area contributed by atoms with Gasteiger partial charge >= 0.3 is 0 Å². The maximum absolute atomic E-state index is 11.5. The fourth-order valence-electron chi connectivity index (χ4n) is 1.77. The van der Waals surface area contributed by atoms with Gasteiger partial charge in [0, 0.05) is 24.2 Å². The van der Waals surface area contributed by atoms with Gasteiger partial charge in [-0.3, -0.25) is 9.79 Å². The van der Waals surface area contributed by atoms with Crippen molar-refractivity contribution in [1.29, 1.82) is 0 Å². The van der Waals surface area contributed by atoms with Gasteiger partial charge in [-0.25, -0.2) is 0 Å². The fraction of sp³-hybridized carbons (Fsp3) is 0.467. The molecule has 7 heteroatoms. The Morgan fingerprint density at radius 1 is 1.27 bits per heavy atom. The molecule has 0 aliphatic rings. The summed E-state index contributed by atoms with van der Waals surface area (Å²) in [4.78, 5) is 15.6. The van der Waals surface area contributed by atoms with Crippen LogP contribution in [0.3, 0.4) is 0 Å². The van der Waals surface area contributed by atoms with Crippen molar-refractivity contribution in [2.24, 2.45) is 10.7 Å². The predicted octanol–water partition coefficient (Wildman–Crippen LogP) is 1.35. The number of carbonyl (C=O) groups is 1. The molecule has 0 spiro atoms. The quantitative estimate of drug-likeness (QED) is 0.522. The third kappa shape index (κ3) is 5.90. The summed E-state index contributed by atoms with van der Waals surface area (Å²) in [7, 11) is 3.13. The lowest BCUT2D eigenvalue weighted by Gasteiger charge is -2.11. The Kier molecular flexibility index (Phi) is 7.01. The number of hydrogen-bond donors (Lipinski definition) is 3. The molecule has 0 aliphatic carbocycles. The van der Waals surface area contributed by atoms with Crippen LogP contribution in [-0.4, -0.2) is 38.7 Å².